The summed E-state index contributed by atoms with van der Waals surface area (Å²) in [4.78, 5) is 8.54. The fraction of sp³-hybridized carbons (Fsp3) is 0.0571. The number of hydrogen-bond acceptors (Lipinski definition) is 3. The van der Waals surface area contributed by atoms with Gasteiger partial charge in [0.15, 0.2) is 0 Å². The quantitative estimate of drug-likeness (QED) is 0.228. The molecule has 0 spiro atoms. The van der Waals surface area contributed by atoms with Gasteiger partial charge in [0, 0.05) is 43.5 Å². The molecule has 9 rings (SSSR count). The molecule has 2 aliphatic rings. The Labute approximate surface area is 229 Å². The van der Waals surface area contributed by atoms with E-state index in [9.17, 15) is 0 Å². The van der Waals surface area contributed by atoms with Crippen LogP contribution in [-0.4, -0.2) is 15.6 Å². The number of aromatic nitrogens is 2. The fourth-order valence-corrected chi connectivity index (χ4v) is 7.71. The van der Waals surface area contributed by atoms with Crippen molar-refractivity contribution in [2.75, 3.05) is 4.90 Å². The van der Waals surface area contributed by atoms with Gasteiger partial charge in [0.05, 0.1) is 29.0 Å². The van der Waals surface area contributed by atoms with Crippen LogP contribution in [0.1, 0.15) is 11.5 Å². The predicted molar refractivity (Wildman–Crippen MR) is 165 cm³/mol. The maximum atomic E-state index is 4.99. The van der Waals surface area contributed by atoms with Crippen LogP contribution in [0.25, 0.3) is 47.8 Å². The number of pyridine rings is 1. The molecule has 0 saturated carbocycles. The molecule has 184 valence electrons. The number of allylic oxidation sites excluding steroid dienone is 2. The van der Waals surface area contributed by atoms with E-state index in [4.69, 9.17) is 4.98 Å². The van der Waals surface area contributed by atoms with Gasteiger partial charge in [0.25, 0.3) is 0 Å². The first-order valence-corrected chi connectivity index (χ1v) is 14.2. The summed E-state index contributed by atoms with van der Waals surface area (Å²) in [7, 11) is 0. The van der Waals surface area contributed by atoms with E-state index in [1.165, 1.54) is 54.2 Å². The summed E-state index contributed by atoms with van der Waals surface area (Å²) in [6.07, 6.45) is 11.0. The summed E-state index contributed by atoms with van der Waals surface area (Å²) in [6, 6.07) is 35.7. The van der Waals surface area contributed by atoms with Crippen molar-refractivity contribution in [1.29, 1.82) is 0 Å². The highest BCUT2D eigenvalue weighted by Gasteiger charge is 2.37. The molecule has 4 aromatic carbocycles. The Bertz CT molecular complexity index is 2110. The molecule has 7 aromatic rings. The smallest absolute Gasteiger partial charge is 0.124 e. The van der Waals surface area contributed by atoms with Crippen molar-refractivity contribution in [3.05, 3.63) is 133 Å². The molecule has 0 fully saturated rings. The summed E-state index contributed by atoms with van der Waals surface area (Å²) in [5.74, 6) is 0.364. The van der Waals surface area contributed by atoms with Gasteiger partial charge < -0.3 is 9.47 Å². The number of fused-ring (bicyclic) bond motifs is 9. The van der Waals surface area contributed by atoms with Gasteiger partial charge in [-0.15, -0.1) is 11.3 Å². The SMILES string of the molecule is C1=CC2c3ccccc3N(c3cnc4sc5ccc(-n6c7ccccc7c7ccccc76)cc5c4c3)C2C=C1. The molecule has 4 heteroatoms. The number of hydrogen-bond donors (Lipinski definition) is 0. The zero-order valence-electron chi connectivity index (χ0n) is 21.0. The number of thiophene rings is 1. The van der Waals surface area contributed by atoms with Crippen LogP contribution in [0.15, 0.2) is 128 Å². The monoisotopic (exact) mass is 517 g/mol. The summed E-state index contributed by atoms with van der Waals surface area (Å²) in [5, 5.41) is 5.03. The van der Waals surface area contributed by atoms with Gasteiger partial charge >= 0.3 is 0 Å². The van der Waals surface area contributed by atoms with Crippen molar-refractivity contribution in [2.24, 2.45) is 0 Å². The highest BCUT2D eigenvalue weighted by molar-refractivity contribution is 7.25. The molecular formula is C35H23N3S. The molecular weight excluding hydrogens is 494 g/mol. The van der Waals surface area contributed by atoms with E-state index in [2.05, 4.69) is 137 Å². The van der Waals surface area contributed by atoms with Crippen LogP contribution in [-0.2, 0) is 0 Å². The molecule has 2 unspecified atom stereocenters. The Morgan fingerprint density at radius 1 is 0.641 bits per heavy atom. The van der Waals surface area contributed by atoms with Crippen LogP contribution in [0.4, 0.5) is 11.4 Å². The van der Waals surface area contributed by atoms with Gasteiger partial charge in [0.2, 0.25) is 0 Å². The Kier molecular flexibility index (Phi) is 4.32. The van der Waals surface area contributed by atoms with Crippen molar-refractivity contribution < 1.29 is 0 Å². The lowest BCUT2D eigenvalue weighted by Gasteiger charge is -2.28. The van der Waals surface area contributed by atoms with Crippen LogP contribution in [0.3, 0.4) is 0 Å². The normalized spacial score (nSPS) is 18.0. The van der Waals surface area contributed by atoms with Crippen molar-refractivity contribution in [2.45, 2.75) is 12.0 Å². The molecule has 2 atom stereocenters. The van der Waals surface area contributed by atoms with Crippen molar-refractivity contribution in [3.8, 4) is 5.69 Å². The van der Waals surface area contributed by atoms with E-state index in [0.717, 1.165) is 10.5 Å². The van der Waals surface area contributed by atoms with Crippen molar-refractivity contribution >= 4 is 64.8 Å². The van der Waals surface area contributed by atoms with E-state index in [1.54, 1.807) is 11.3 Å². The lowest BCUT2D eigenvalue weighted by atomic mass is 9.91. The minimum Gasteiger partial charge on any atom is -0.332 e. The minimum absolute atomic E-state index is 0.268. The standard InChI is InChI=1S/C35H23N3S/c1-5-13-30-24(9-1)25-10-2-6-14-31(25)37(30)22-17-18-34-28(19-22)29-20-23(21-36-35(29)39-34)38-32-15-7-3-11-26(32)27-12-4-8-16-33(27)38/h1-21,26,32H. The summed E-state index contributed by atoms with van der Waals surface area (Å²) in [5.41, 5.74) is 7.44. The van der Waals surface area contributed by atoms with E-state index < -0.39 is 0 Å². The molecule has 4 heterocycles. The number of rotatable bonds is 2. The van der Waals surface area contributed by atoms with Crippen LogP contribution in [0.5, 0.6) is 0 Å². The first-order chi connectivity index (χ1) is 19.3. The average molecular weight is 518 g/mol. The zero-order chi connectivity index (χ0) is 25.5. The minimum atomic E-state index is 0.268. The number of benzene rings is 4. The molecule has 0 amide bonds. The second kappa shape index (κ2) is 7.92. The Morgan fingerprint density at radius 2 is 1.36 bits per heavy atom. The Balaban J connectivity index is 1.26. The summed E-state index contributed by atoms with van der Waals surface area (Å²) >= 11 is 1.77. The molecule has 0 saturated heterocycles. The van der Waals surface area contributed by atoms with Gasteiger partial charge in [-0.1, -0.05) is 78.9 Å². The van der Waals surface area contributed by atoms with Crippen LogP contribution in [0, 0.1) is 0 Å². The molecule has 1 aliphatic carbocycles. The molecule has 0 N–H and O–H groups in total. The Morgan fingerprint density at radius 3 is 2.21 bits per heavy atom. The molecule has 3 nitrogen and oxygen atoms in total. The summed E-state index contributed by atoms with van der Waals surface area (Å²) < 4.78 is 3.66. The highest BCUT2D eigenvalue weighted by atomic mass is 32.1. The lowest BCUT2D eigenvalue weighted by Crippen LogP contribution is -2.28. The fourth-order valence-electron chi connectivity index (χ4n) is 6.70. The molecule has 3 aromatic heterocycles. The average Bonchev–Trinajstić information content (AvgIpc) is 3.64. The van der Waals surface area contributed by atoms with Gasteiger partial charge in [-0.25, -0.2) is 4.98 Å². The van der Waals surface area contributed by atoms with Crippen molar-refractivity contribution in [1.82, 2.24) is 9.55 Å². The van der Waals surface area contributed by atoms with Crippen LogP contribution in [0.2, 0.25) is 0 Å². The van der Waals surface area contributed by atoms with Crippen LogP contribution >= 0.6 is 11.3 Å². The third-order valence-corrected chi connectivity index (χ3v) is 9.47. The third kappa shape index (κ3) is 2.95. The van der Waals surface area contributed by atoms with Gasteiger partial charge in [-0.2, -0.15) is 0 Å². The largest absolute Gasteiger partial charge is 0.332 e. The van der Waals surface area contributed by atoms with E-state index >= 15 is 0 Å². The first kappa shape index (κ1) is 21.3. The van der Waals surface area contributed by atoms with Crippen LogP contribution < -0.4 is 4.90 Å². The second-order valence-corrected chi connectivity index (χ2v) is 11.4. The maximum absolute atomic E-state index is 4.99. The van der Waals surface area contributed by atoms with E-state index in [0.29, 0.717) is 5.92 Å². The summed E-state index contributed by atoms with van der Waals surface area (Å²) in [6.45, 7) is 0. The topological polar surface area (TPSA) is 21.1 Å². The number of anilines is 2. The molecule has 39 heavy (non-hydrogen) atoms. The third-order valence-electron chi connectivity index (χ3n) is 8.37. The molecule has 0 bridgehead atoms. The van der Waals surface area contributed by atoms with Gasteiger partial charge in [-0.3, -0.25) is 0 Å². The highest BCUT2D eigenvalue weighted by Crippen LogP contribution is 2.48. The van der Waals surface area contributed by atoms with E-state index in [1.807, 2.05) is 0 Å². The molecule has 0 radical (unpaired) electrons. The van der Waals surface area contributed by atoms with Gasteiger partial charge in [-0.05, 0) is 48.0 Å². The maximum Gasteiger partial charge on any atom is 0.124 e. The number of nitrogens with zero attached hydrogens (tertiary/aromatic N) is 3. The zero-order valence-corrected chi connectivity index (χ0v) is 21.8. The molecule has 1 aliphatic heterocycles. The number of para-hydroxylation sites is 3. The lowest BCUT2D eigenvalue weighted by molar-refractivity contribution is 0.744. The Hall–Kier alpha value is -4.67. The predicted octanol–water partition coefficient (Wildman–Crippen LogP) is 9.28. The van der Waals surface area contributed by atoms with Gasteiger partial charge in [0.1, 0.15) is 4.83 Å². The second-order valence-electron chi connectivity index (χ2n) is 10.4. The van der Waals surface area contributed by atoms with Crippen molar-refractivity contribution in [3.63, 3.8) is 0 Å². The van der Waals surface area contributed by atoms with E-state index in [-0.39, 0.29) is 6.04 Å². The first-order valence-electron chi connectivity index (χ1n) is 13.4.